The van der Waals surface area contributed by atoms with E-state index < -0.39 is 5.54 Å². The molecule has 1 aliphatic carbocycles. The standard InChI is InChI=1S/C15H22FNO/c1-14(2)7-4-8-15(17,10-14)11-5-6-13(18-3)12(16)9-11/h5-6,9H,4,7-8,10,17H2,1-3H3. The molecule has 1 atom stereocenters. The normalized spacial score (nSPS) is 26.9. The lowest BCUT2D eigenvalue weighted by atomic mass is 9.66. The van der Waals surface area contributed by atoms with Crippen LogP contribution in [0, 0.1) is 11.2 Å². The molecule has 0 heterocycles. The first-order chi connectivity index (χ1) is 8.36. The van der Waals surface area contributed by atoms with E-state index in [0.29, 0.717) is 0 Å². The van der Waals surface area contributed by atoms with Crippen molar-refractivity contribution in [2.45, 2.75) is 45.1 Å². The largest absolute Gasteiger partial charge is 0.494 e. The summed E-state index contributed by atoms with van der Waals surface area (Å²) in [4.78, 5) is 0. The van der Waals surface area contributed by atoms with Crippen molar-refractivity contribution in [1.29, 1.82) is 0 Å². The Morgan fingerprint density at radius 1 is 1.28 bits per heavy atom. The van der Waals surface area contributed by atoms with Gasteiger partial charge in [0.2, 0.25) is 0 Å². The maximum Gasteiger partial charge on any atom is 0.165 e. The van der Waals surface area contributed by atoms with Crippen LogP contribution in [0.5, 0.6) is 5.75 Å². The van der Waals surface area contributed by atoms with Crippen molar-refractivity contribution in [2.24, 2.45) is 11.1 Å². The summed E-state index contributed by atoms with van der Waals surface area (Å²) in [5.41, 5.74) is 7.21. The van der Waals surface area contributed by atoms with Gasteiger partial charge in [-0.1, -0.05) is 26.3 Å². The zero-order valence-electron chi connectivity index (χ0n) is 11.4. The highest BCUT2D eigenvalue weighted by Crippen LogP contribution is 2.45. The maximum atomic E-state index is 13.8. The van der Waals surface area contributed by atoms with Crippen molar-refractivity contribution in [1.82, 2.24) is 0 Å². The van der Waals surface area contributed by atoms with Crippen LogP contribution in [0.15, 0.2) is 18.2 Å². The quantitative estimate of drug-likeness (QED) is 0.871. The van der Waals surface area contributed by atoms with E-state index in [-0.39, 0.29) is 17.0 Å². The van der Waals surface area contributed by atoms with Gasteiger partial charge in [0.1, 0.15) is 0 Å². The Morgan fingerprint density at radius 3 is 2.56 bits per heavy atom. The van der Waals surface area contributed by atoms with Crippen LogP contribution in [0.4, 0.5) is 4.39 Å². The van der Waals surface area contributed by atoms with Crippen LogP contribution in [0.1, 0.15) is 45.1 Å². The minimum Gasteiger partial charge on any atom is -0.494 e. The van der Waals surface area contributed by atoms with Gasteiger partial charge in [-0.2, -0.15) is 0 Å². The molecule has 1 aromatic carbocycles. The minimum absolute atomic E-state index is 0.226. The highest BCUT2D eigenvalue weighted by molar-refractivity contribution is 5.34. The number of benzene rings is 1. The second kappa shape index (κ2) is 4.54. The first kappa shape index (κ1) is 13.3. The Balaban J connectivity index is 2.32. The van der Waals surface area contributed by atoms with Crippen LogP contribution in [-0.4, -0.2) is 7.11 Å². The van der Waals surface area contributed by atoms with Crippen LogP contribution in [0.3, 0.4) is 0 Å². The monoisotopic (exact) mass is 251 g/mol. The van der Waals surface area contributed by atoms with Gasteiger partial charge in [-0.3, -0.25) is 0 Å². The highest BCUT2D eigenvalue weighted by Gasteiger charge is 2.38. The van der Waals surface area contributed by atoms with E-state index in [1.165, 1.54) is 19.6 Å². The van der Waals surface area contributed by atoms with Gasteiger partial charge < -0.3 is 10.5 Å². The van der Waals surface area contributed by atoms with Crippen LogP contribution in [0.25, 0.3) is 0 Å². The van der Waals surface area contributed by atoms with Gasteiger partial charge in [0.15, 0.2) is 11.6 Å². The van der Waals surface area contributed by atoms with E-state index in [1.807, 2.05) is 6.07 Å². The summed E-state index contributed by atoms with van der Waals surface area (Å²) in [6.07, 6.45) is 4.09. The third kappa shape index (κ3) is 2.51. The average molecular weight is 251 g/mol. The van der Waals surface area contributed by atoms with Gasteiger partial charge >= 0.3 is 0 Å². The van der Waals surface area contributed by atoms with Gasteiger partial charge in [0.05, 0.1) is 7.11 Å². The molecule has 100 valence electrons. The van der Waals surface area contributed by atoms with E-state index in [9.17, 15) is 4.39 Å². The second-order valence-corrected chi connectivity index (χ2v) is 6.20. The summed E-state index contributed by atoms with van der Waals surface area (Å²) in [6, 6.07) is 5.09. The molecule has 3 heteroatoms. The van der Waals surface area contributed by atoms with Gasteiger partial charge in [-0.15, -0.1) is 0 Å². The van der Waals surface area contributed by atoms with Crippen molar-refractivity contribution in [3.05, 3.63) is 29.6 Å². The summed E-state index contributed by atoms with van der Waals surface area (Å²) in [5, 5.41) is 0. The van der Waals surface area contributed by atoms with Crippen molar-refractivity contribution in [2.75, 3.05) is 7.11 Å². The van der Waals surface area contributed by atoms with E-state index in [0.717, 1.165) is 24.8 Å². The number of methoxy groups -OCH3 is 1. The molecule has 1 aliphatic rings. The lowest BCUT2D eigenvalue weighted by Crippen LogP contribution is -2.44. The zero-order chi connectivity index (χ0) is 13.4. The third-order valence-electron chi connectivity index (χ3n) is 4.00. The molecule has 18 heavy (non-hydrogen) atoms. The Morgan fingerprint density at radius 2 is 2.00 bits per heavy atom. The molecule has 0 saturated heterocycles. The van der Waals surface area contributed by atoms with Crippen molar-refractivity contribution in [3.8, 4) is 5.75 Å². The molecule has 0 bridgehead atoms. The molecular formula is C15H22FNO. The molecule has 2 N–H and O–H groups in total. The first-order valence-electron chi connectivity index (χ1n) is 6.49. The molecule has 0 aromatic heterocycles. The van der Waals surface area contributed by atoms with Crippen molar-refractivity contribution < 1.29 is 9.13 Å². The van der Waals surface area contributed by atoms with Crippen LogP contribution in [-0.2, 0) is 5.54 Å². The van der Waals surface area contributed by atoms with Gasteiger partial charge in [-0.05, 0) is 42.4 Å². The number of hydrogen-bond acceptors (Lipinski definition) is 2. The Hall–Kier alpha value is -1.09. The van der Waals surface area contributed by atoms with Crippen LogP contribution >= 0.6 is 0 Å². The lowest BCUT2D eigenvalue weighted by Gasteiger charge is -2.43. The minimum atomic E-state index is -0.408. The average Bonchev–Trinajstić information content (AvgIpc) is 2.27. The van der Waals surface area contributed by atoms with Crippen molar-refractivity contribution >= 4 is 0 Å². The fourth-order valence-electron chi connectivity index (χ4n) is 3.14. The number of ether oxygens (including phenoxy) is 1. The molecule has 1 aromatic rings. The Kier molecular flexibility index (Phi) is 3.37. The maximum absolute atomic E-state index is 13.8. The molecule has 1 fully saturated rings. The number of rotatable bonds is 2. The zero-order valence-corrected chi connectivity index (χ0v) is 11.4. The Bertz CT molecular complexity index is 444. The van der Waals surface area contributed by atoms with E-state index in [1.54, 1.807) is 6.07 Å². The number of nitrogens with two attached hydrogens (primary N) is 1. The smallest absolute Gasteiger partial charge is 0.165 e. The van der Waals surface area contributed by atoms with E-state index in [4.69, 9.17) is 10.5 Å². The topological polar surface area (TPSA) is 35.2 Å². The molecule has 0 aliphatic heterocycles. The lowest BCUT2D eigenvalue weighted by molar-refractivity contribution is 0.151. The molecule has 0 radical (unpaired) electrons. The van der Waals surface area contributed by atoms with Gasteiger partial charge in [0, 0.05) is 5.54 Å². The molecule has 1 unspecified atom stereocenters. The van der Waals surface area contributed by atoms with E-state index in [2.05, 4.69) is 13.8 Å². The van der Waals surface area contributed by atoms with Gasteiger partial charge in [-0.25, -0.2) is 4.39 Å². The molecular weight excluding hydrogens is 229 g/mol. The molecule has 2 rings (SSSR count). The van der Waals surface area contributed by atoms with Crippen LogP contribution in [0.2, 0.25) is 0 Å². The predicted octanol–water partition coefficient (Wildman–Crippen LogP) is 3.59. The Labute approximate surface area is 108 Å². The number of halogens is 1. The first-order valence-corrected chi connectivity index (χ1v) is 6.49. The van der Waals surface area contributed by atoms with Gasteiger partial charge in [0.25, 0.3) is 0 Å². The second-order valence-electron chi connectivity index (χ2n) is 6.20. The fraction of sp³-hybridized carbons (Fsp3) is 0.600. The van der Waals surface area contributed by atoms with Crippen molar-refractivity contribution in [3.63, 3.8) is 0 Å². The SMILES string of the molecule is COc1ccc(C2(N)CCCC(C)(C)C2)cc1F. The highest BCUT2D eigenvalue weighted by atomic mass is 19.1. The van der Waals surface area contributed by atoms with Crippen LogP contribution < -0.4 is 10.5 Å². The number of hydrogen-bond donors (Lipinski definition) is 1. The fourth-order valence-corrected chi connectivity index (χ4v) is 3.14. The summed E-state index contributed by atoms with van der Waals surface area (Å²) in [7, 11) is 1.47. The molecule has 0 amide bonds. The predicted molar refractivity (Wildman–Crippen MR) is 71.1 cm³/mol. The molecule has 1 saturated carbocycles. The summed E-state index contributed by atoms with van der Waals surface area (Å²) in [6.45, 7) is 4.46. The molecule has 0 spiro atoms. The molecule has 2 nitrogen and oxygen atoms in total. The summed E-state index contributed by atoms with van der Waals surface area (Å²) >= 11 is 0. The summed E-state index contributed by atoms with van der Waals surface area (Å²) in [5.74, 6) is -0.0550. The van der Waals surface area contributed by atoms with E-state index >= 15 is 0 Å². The summed E-state index contributed by atoms with van der Waals surface area (Å²) < 4.78 is 18.7. The third-order valence-corrected chi connectivity index (χ3v) is 4.00.